The lowest BCUT2D eigenvalue weighted by atomic mass is 9.42. The van der Waals surface area contributed by atoms with E-state index in [0.29, 0.717) is 28.2 Å². The summed E-state index contributed by atoms with van der Waals surface area (Å²) >= 11 is 0. The molecule has 1 amide bonds. The van der Waals surface area contributed by atoms with Gasteiger partial charge in [-0.25, -0.2) is 13.1 Å². The van der Waals surface area contributed by atoms with Crippen LogP contribution >= 0.6 is 0 Å². The summed E-state index contributed by atoms with van der Waals surface area (Å²) in [5.41, 5.74) is 1.27. The van der Waals surface area contributed by atoms with Crippen LogP contribution in [-0.2, 0) is 14.8 Å². The molecule has 0 saturated heterocycles. The first-order valence-corrected chi connectivity index (χ1v) is 18.0. The first-order chi connectivity index (χ1) is 19.6. The smallest absolute Gasteiger partial charge is 0.266 e. The third-order valence-electron chi connectivity index (χ3n) is 13.0. The number of sulfonamides is 1. The van der Waals surface area contributed by atoms with E-state index >= 15 is 0 Å². The van der Waals surface area contributed by atoms with Gasteiger partial charge < -0.3 is 0 Å². The van der Waals surface area contributed by atoms with Crippen molar-refractivity contribution in [3.05, 3.63) is 36.5 Å². The summed E-state index contributed by atoms with van der Waals surface area (Å²) in [5.74, 6) is 4.97. The number of para-hydroxylation sites is 1. The van der Waals surface area contributed by atoms with Crippen molar-refractivity contribution in [3.8, 4) is 0 Å². The van der Waals surface area contributed by atoms with Crippen molar-refractivity contribution in [1.29, 1.82) is 0 Å². The van der Waals surface area contributed by atoms with Gasteiger partial charge in [0.05, 0.1) is 5.52 Å². The molecule has 0 radical (unpaired) electrons. The molecule has 0 bridgehead atoms. The van der Waals surface area contributed by atoms with Crippen LogP contribution in [0.25, 0.3) is 10.9 Å². The number of carbonyl (C=O) groups is 1. The molecule has 4 saturated carbocycles. The molecule has 1 aromatic heterocycles. The Balaban J connectivity index is 1.12. The third-order valence-corrected chi connectivity index (χ3v) is 14.4. The molecule has 2 aromatic rings. The highest BCUT2D eigenvalue weighted by Gasteiger charge is 2.61. The van der Waals surface area contributed by atoms with Gasteiger partial charge in [-0.3, -0.25) is 9.78 Å². The molecule has 6 heteroatoms. The first kappa shape index (κ1) is 29.1. The van der Waals surface area contributed by atoms with E-state index in [-0.39, 0.29) is 11.3 Å². The van der Waals surface area contributed by atoms with Crippen molar-refractivity contribution in [3.63, 3.8) is 0 Å². The van der Waals surface area contributed by atoms with E-state index in [1.54, 1.807) is 18.3 Å². The summed E-state index contributed by atoms with van der Waals surface area (Å²) in [6.45, 7) is 10.0. The predicted molar refractivity (Wildman–Crippen MR) is 164 cm³/mol. The lowest BCUT2D eigenvalue weighted by Crippen LogP contribution is -2.55. The van der Waals surface area contributed by atoms with Gasteiger partial charge in [0.25, 0.3) is 10.0 Å². The fraction of sp³-hybridized carbons (Fsp3) is 0.714. The van der Waals surface area contributed by atoms with E-state index in [9.17, 15) is 13.2 Å². The zero-order valence-corrected chi connectivity index (χ0v) is 26.4. The van der Waals surface area contributed by atoms with Gasteiger partial charge in [-0.15, -0.1) is 0 Å². The molecule has 0 spiro atoms. The molecule has 1 heterocycles. The molecular formula is C35H50N2O3S. The quantitative estimate of drug-likeness (QED) is 0.360. The summed E-state index contributed by atoms with van der Waals surface area (Å²) in [4.78, 5) is 17.3. The molecule has 4 fully saturated rings. The second kappa shape index (κ2) is 11.0. The second-order valence-electron chi connectivity index (χ2n) is 14.7. The predicted octanol–water partition coefficient (Wildman–Crippen LogP) is 8.14. The topological polar surface area (TPSA) is 76.1 Å². The fourth-order valence-electron chi connectivity index (χ4n) is 11.1. The number of nitrogens with one attached hydrogen (secondary N) is 1. The monoisotopic (exact) mass is 578 g/mol. The lowest BCUT2D eigenvalue weighted by Gasteiger charge is -2.63. The lowest BCUT2D eigenvalue weighted by molar-refractivity contribution is -0.138. The first-order valence-electron chi connectivity index (χ1n) is 16.5. The van der Waals surface area contributed by atoms with E-state index in [2.05, 4.69) is 37.4 Å². The number of nitrogens with zero attached hydrogens (tertiary/aromatic N) is 1. The standard InChI is InChI=1S/C35H50N2O3S/c1-5-24-22-26-29-16-15-27(35(29,4)20-18-30(26)34(3)19-7-6-12-28(24)34)23(2)14-17-32(38)37-41(39,40)31-13-8-10-25-11-9-21-36-33(25)31/h8-11,13,21,23-24,26-30H,5-7,12,14-20,22H2,1-4H3,(H,37,38)/t23-,24+,26?,27-,28+,29?,30?,34+,35-/m1/s1. The van der Waals surface area contributed by atoms with E-state index in [4.69, 9.17) is 0 Å². The number of hydrogen-bond donors (Lipinski definition) is 1. The number of amides is 1. The van der Waals surface area contributed by atoms with Gasteiger partial charge in [0, 0.05) is 18.0 Å². The Morgan fingerprint density at radius 3 is 2.59 bits per heavy atom. The minimum atomic E-state index is -3.98. The number of carbonyl (C=O) groups excluding carboxylic acids is 1. The molecule has 1 aromatic carbocycles. The van der Waals surface area contributed by atoms with Crippen LogP contribution in [0, 0.1) is 52.3 Å². The van der Waals surface area contributed by atoms with Crippen LogP contribution < -0.4 is 4.72 Å². The molecular weight excluding hydrogens is 528 g/mol. The van der Waals surface area contributed by atoms with E-state index in [1.165, 1.54) is 70.3 Å². The van der Waals surface area contributed by atoms with Crippen molar-refractivity contribution in [2.24, 2.45) is 52.3 Å². The van der Waals surface area contributed by atoms with Gasteiger partial charge in [-0.05, 0) is 116 Å². The Labute approximate surface area is 247 Å². The summed E-state index contributed by atoms with van der Waals surface area (Å²) in [5, 5.41) is 0.742. The van der Waals surface area contributed by atoms with Gasteiger partial charge in [0.1, 0.15) is 4.90 Å². The van der Waals surface area contributed by atoms with Crippen molar-refractivity contribution >= 4 is 26.8 Å². The van der Waals surface area contributed by atoms with E-state index in [0.717, 1.165) is 41.4 Å². The number of rotatable bonds is 7. The number of aromatic nitrogens is 1. The van der Waals surface area contributed by atoms with Crippen LogP contribution in [0.1, 0.15) is 105 Å². The average molecular weight is 579 g/mol. The highest BCUT2D eigenvalue weighted by Crippen LogP contribution is 2.69. The molecule has 1 N–H and O–H groups in total. The van der Waals surface area contributed by atoms with Gasteiger partial charge in [-0.1, -0.05) is 65.2 Å². The van der Waals surface area contributed by atoms with Gasteiger partial charge >= 0.3 is 0 Å². The number of fused-ring (bicyclic) bond motifs is 6. The Bertz CT molecular complexity index is 1390. The maximum atomic E-state index is 13.1. The Morgan fingerprint density at radius 2 is 1.78 bits per heavy atom. The molecule has 0 aliphatic heterocycles. The van der Waals surface area contributed by atoms with Crippen molar-refractivity contribution in [2.45, 2.75) is 110 Å². The average Bonchev–Trinajstić information content (AvgIpc) is 3.32. The summed E-state index contributed by atoms with van der Waals surface area (Å²) in [6.07, 6.45) is 16.3. The minimum absolute atomic E-state index is 0.0617. The molecule has 9 atom stereocenters. The molecule has 41 heavy (non-hydrogen) atoms. The fourth-order valence-corrected chi connectivity index (χ4v) is 12.3. The molecule has 4 aliphatic carbocycles. The molecule has 224 valence electrons. The van der Waals surface area contributed by atoms with Gasteiger partial charge in [0.2, 0.25) is 5.91 Å². The molecule has 5 nitrogen and oxygen atoms in total. The number of hydrogen-bond acceptors (Lipinski definition) is 4. The highest BCUT2D eigenvalue weighted by molar-refractivity contribution is 7.90. The third kappa shape index (κ3) is 4.94. The highest BCUT2D eigenvalue weighted by atomic mass is 32.2. The zero-order valence-electron chi connectivity index (χ0n) is 25.6. The van der Waals surface area contributed by atoms with E-state index < -0.39 is 15.9 Å². The largest absolute Gasteiger partial charge is 0.274 e. The van der Waals surface area contributed by atoms with Crippen LogP contribution in [0.15, 0.2) is 41.4 Å². The summed E-state index contributed by atoms with van der Waals surface area (Å²) in [7, 11) is -3.98. The second-order valence-corrected chi connectivity index (χ2v) is 16.4. The maximum absolute atomic E-state index is 13.1. The SMILES string of the molecule is CC[C@H]1CC2C3CC[C@H]([C@H](C)CCC(=O)NS(=O)(=O)c4cccc5cccnc45)[C@@]3(C)CCC2[C@@]2(C)CCCC[C@@H]12. The van der Waals surface area contributed by atoms with Gasteiger partial charge in [-0.2, -0.15) is 0 Å². The van der Waals surface area contributed by atoms with Crippen LogP contribution in [0.3, 0.4) is 0 Å². The van der Waals surface area contributed by atoms with Crippen molar-refractivity contribution in [1.82, 2.24) is 9.71 Å². The zero-order chi connectivity index (χ0) is 29.0. The summed E-state index contributed by atoms with van der Waals surface area (Å²) in [6, 6.07) is 8.66. The van der Waals surface area contributed by atoms with Crippen molar-refractivity contribution in [2.75, 3.05) is 0 Å². The van der Waals surface area contributed by atoms with E-state index in [1.807, 2.05) is 12.1 Å². The Kier molecular flexibility index (Phi) is 7.78. The van der Waals surface area contributed by atoms with Crippen LogP contribution in [0.4, 0.5) is 0 Å². The van der Waals surface area contributed by atoms with Gasteiger partial charge in [0.15, 0.2) is 0 Å². The summed E-state index contributed by atoms with van der Waals surface area (Å²) < 4.78 is 28.6. The normalized spacial score (nSPS) is 37.6. The Hall–Kier alpha value is -1.95. The van der Waals surface area contributed by atoms with Crippen LogP contribution in [-0.4, -0.2) is 19.3 Å². The van der Waals surface area contributed by atoms with Crippen molar-refractivity contribution < 1.29 is 13.2 Å². The number of pyridine rings is 1. The molecule has 4 aliphatic rings. The molecule has 3 unspecified atom stereocenters. The number of benzene rings is 1. The molecule has 6 rings (SSSR count). The van der Waals surface area contributed by atoms with Crippen LogP contribution in [0.2, 0.25) is 0 Å². The van der Waals surface area contributed by atoms with Crippen LogP contribution in [0.5, 0.6) is 0 Å². The minimum Gasteiger partial charge on any atom is -0.274 e. The maximum Gasteiger partial charge on any atom is 0.266 e. The Morgan fingerprint density at radius 1 is 1.00 bits per heavy atom.